The third-order valence-electron chi connectivity index (χ3n) is 14.4. The number of aromatic nitrogens is 1. The summed E-state index contributed by atoms with van der Waals surface area (Å²) in [6, 6.07) is 28.9. The molecule has 6 aliphatic rings. The molecule has 2 saturated heterocycles. The number of hydrogen-bond acceptors (Lipinski definition) is 16. The number of rotatable bonds is 12. The Balaban J connectivity index is 0.000000167. The highest BCUT2D eigenvalue weighted by Gasteiger charge is 2.28. The van der Waals surface area contributed by atoms with Crippen LogP contribution in [0, 0.1) is 0 Å². The average Bonchev–Trinajstić information content (AvgIpc) is 4.28. The normalized spacial score (nSPS) is 17.8. The highest BCUT2D eigenvalue weighted by Crippen LogP contribution is 2.36. The van der Waals surface area contributed by atoms with E-state index in [1.807, 2.05) is 6.92 Å². The number of hydrogen-bond donors (Lipinski definition) is 4. The van der Waals surface area contributed by atoms with Gasteiger partial charge in [-0.2, -0.15) is 14.9 Å². The molecule has 2 aliphatic carbocycles. The molecule has 5 heterocycles. The standard InChI is InChI=1S/C27H31N5O3S.C19H29N5S2.C10H9BrO3.H3P/c28-26-25(24(33)18-5-10-22-23(17-18)35-16-15-34-22)36-27(30-26)29-19-6-8-21(9-7-19)32-13-11-31(12-14-32)20-3-1-2-4-20;1-2-26-18(20)22-19(25)21-15-7-9-17(10-8-15)24-13-11-23(12-14-24)16-5-3-4-6-16;11-6-8(12)7-1-2-9-10(5-7)14-4-3-13-9;/h5-10,17,20H,1-4,11-16,28H2,(H,29,30);7-10,16H,2-6,11-14H2,1H3,(H3,20,21,22,25);1-2,5H,3-4,6H2;1H3. The number of benzene rings is 4. The van der Waals surface area contributed by atoms with Crippen molar-refractivity contribution in [3.63, 3.8) is 0 Å². The van der Waals surface area contributed by atoms with Gasteiger partial charge in [0.2, 0.25) is 5.78 Å². The lowest BCUT2D eigenvalue weighted by Crippen LogP contribution is -2.49. The zero-order valence-corrected chi connectivity index (χ0v) is 49.3. The Labute approximate surface area is 478 Å². The average molecular weight is 1190 g/mol. The van der Waals surface area contributed by atoms with Crippen LogP contribution in [0.25, 0.3) is 0 Å². The van der Waals surface area contributed by atoms with E-state index in [-0.39, 0.29) is 27.3 Å². The Bertz CT molecular complexity index is 2780. The van der Waals surface area contributed by atoms with Gasteiger partial charge in [0.05, 0.1) is 5.33 Å². The maximum Gasteiger partial charge on any atom is 0.206 e. The molecule has 0 radical (unpaired) electrons. The number of carbonyl (C=O) groups is 2. The summed E-state index contributed by atoms with van der Waals surface area (Å²) in [4.78, 5) is 43.7. The first kappa shape index (κ1) is 58.0. The van der Waals surface area contributed by atoms with Crippen molar-refractivity contribution >= 4 is 117 Å². The lowest BCUT2D eigenvalue weighted by Gasteiger charge is -2.39. The van der Waals surface area contributed by atoms with Gasteiger partial charge in [0, 0.05) is 98.3 Å². The van der Waals surface area contributed by atoms with E-state index < -0.39 is 0 Å². The summed E-state index contributed by atoms with van der Waals surface area (Å²) >= 11 is 11.1. The molecular formula is C56H72BrN10O6PS3. The van der Waals surface area contributed by atoms with Crippen LogP contribution in [0.3, 0.4) is 0 Å². The zero-order chi connectivity index (χ0) is 52.8. The van der Waals surface area contributed by atoms with Crippen LogP contribution in [0.15, 0.2) is 89.9 Å². The molecule has 4 aromatic carbocycles. The third-order valence-corrected chi connectivity index (χ3v) is 16.8. The van der Waals surface area contributed by atoms with E-state index in [2.05, 4.69) is 105 Å². The minimum Gasteiger partial charge on any atom is -0.486 e. The van der Waals surface area contributed by atoms with Crippen molar-refractivity contribution in [2.45, 2.75) is 70.4 Å². The van der Waals surface area contributed by atoms with Crippen LogP contribution < -0.4 is 50.8 Å². The maximum atomic E-state index is 13.1. The molecule has 1 atom stereocenters. The fraction of sp³-hybridized carbons (Fsp3) is 0.446. The lowest BCUT2D eigenvalue weighted by atomic mass is 10.1. The number of nitrogens with one attached hydrogen (secondary N) is 2. The molecule has 2 saturated carbocycles. The monoisotopic (exact) mass is 1190 g/mol. The second-order valence-corrected chi connectivity index (χ2v) is 22.5. The van der Waals surface area contributed by atoms with Crippen molar-refractivity contribution < 1.29 is 28.5 Å². The number of alkyl halides is 1. The molecule has 5 aromatic rings. The van der Waals surface area contributed by atoms with E-state index in [4.69, 9.17) is 42.6 Å². The molecule has 4 aliphatic heterocycles. The number of carbonyl (C=O) groups excluding carboxylic acids is 2. The first-order valence-corrected chi connectivity index (χ1v) is 29.9. The highest BCUT2D eigenvalue weighted by molar-refractivity contribution is 9.09. The van der Waals surface area contributed by atoms with E-state index in [0.717, 1.165) is 68.5 Å². The second-order valence-electron chi connectivity index (χ2n) is 19.3. The molecular weight excluding hydrogens is 1120 g/mol. The van der Waals surface area contributed by atoms with Crippen LogP contribution in [0.5, 0.6) is 23.0 Å². The number of ketones is 2. The first-order valence-electron chi connectivity index (χ1n) is 26.5. The summed E-state index contributed by atoms with van der Waals surface area (Å²) in [6.45, 7) is 13.1. The topological polar surface area (TPSA) is 185 Å². The number of Topliss-reactive ketones (excluding diaryl/α,β-unsaturated/α-hetero) is 1. The molecule has 11 rings (SSSR count). The summed E-state index contributed by atoms with van der Waals surface area (Å²) in [6.07, 6.45) is 11.1. The van der Waals surface area contributed by atoms with Crippen LogP contribution in [-0.4, -0.2) is 139 Å². The van der Waals surface area contributed by atoms with Gasteiger partial charge in [0.15, 0.2) is 44.2 Å². The molecule has 21 heteroatoms. The fourth-order valence-corrected chi connectivity index (χ4v) is 12.4. The largest absolute Gasteiger partial charge is 0.486 e. The molecule has 412 valence electrons. The number of nitrogens with two attached hydrogens (primary N) is 2. The number of nitrogen functional groups attached to an aromatic ring is 1. The summed E-state index contributed by atoms with van der Waals surface area (Å²) in [7, 11) is 0. The third kappa shape index (κ3) is 15.8. The van der Waals surface area contributed by atoms with Gasteiger partial charge in [-0.3, -0.25) is 19.4 Å². The maximum absolute atomic E-state index is 13.1. The van der Waals surface area contributed by atoms with Crippen LogP contribution in [0.4, 0.5) is 33.7 Å². The smallest absolute Gasteiger partial charge is 0.206 e. The quantitative estimate of drug-likeness (QED) is 0.0231. The van der Waals surface area contributed by atoms with E-state index in [1.165, 1.54) is 98.9 Å². The lowest BCUT2D eigenvalue weighted by molar-refractivity contribution is 0.101. The number of anilines is 6. The summed E-state index contributed by atoms with van der Waals surface area (Å²) < 4.78 is 21.9. The van der Waals surface area contributed by atoms with Gasteiger partial charge in [-0.05, 0) is 129 Å². The van der Waals surface area contributed by atoms with Crippen molar-refractivity contribution in [1.29, 1.82) is 0 Å². The van der Waals surface area contributed by atoms with Gasteiger partial charge in [0.25, 0.3) is 0 Å². The number of aliphatic imine (C=N–C) groups is 1. The first-order chi connectivity index (χ1) is 37.1. The van der Waals surface area contributed by atoms with Crippen LogP contribution in [-0.2, 0) is 0 Å². The van der Waals surface area contributed by atoms with Crippen LogP contribution >= 0.6 is 61.1 Å². The number of piperazine rings is 2. The Hall–Kier alpha value is -5.21. The van der Waals surface area contributed by atoms with Gasteiger partial charge >= 0.3 is 0 Å². The molecule has 4 fully saturated rings. The van der Waals surface area contributed by atoms with Crippen molar-refractivity contribution in [2.75, 3.05) is 116 Å². The summed E-state index contributed by atoms with van der Waals surface area (Å²) in [5.41, 5.74) is 17.4. The number of thioether (sulfide) groups is 1. The zero-order valence-electron chi connectivity index (χ0n) is 43.9. The number of fused-ring (bicyclic) bond motifs is 2. The van der Waals surface area contributed by atoms with Gasteiger partial charge < -0.3 is 50.8 Å². The number of ether oxygens (including phenoxy) is 4. The molecule has 77 heavy (non-hydrogen) atoms. The van der Waals surface area contributed by atoms with E-state index in [0.29, 0.717) is 86.2 Å². The molecule has 6 N–H and O–H groups in total. The van der Waals surface area contributed by atoms with Gasteiger partial charge in [-0.25, -0.2) is 4.98 Å². The number of amidine groups is 1. The van der Waals surface area contributed by atoms with Gasteiger partial charge in [-0.1, -0.05) is 71.6 Å². The Morgan fingerprint density at radius 2 is 1.17 bits per heavy atom. The number of thiocarbonyl (C=S) groups is 1. The number of nitrogens with zero attached hydrogens (tertiary/aromatic N) is 6. The highest BCUT2D eigenvalue weighted by atomic mass is 79.9. The number of thiazole rings is 1. The number of halogens is 1. The fourth-order valence-electron chi connectivity index (χ4n) is 10.5. The minimum atomic E-state index is -0.179. The summed E-state index contributed by atoms with van der Waals surface area (Å²) in [5.74, 6) is 3.57. The SMILES string of the molecule is CCSC(N)=NC(=S)Nc1ccc(N2CCN(C3CCCC3)CC2)cc1.Nc1nc(Nc2ccc(N3CCN(C4CCCC4)CC3)cc2)sc1C(=O)c1ccc2c(c1)OCCO2.O=C(CBr)c1ccc2c(c1)OCCO2.P. The van der Waals surface area contributed by atoms with Crippen LogP contribution in [0.2, 0.25) is 0 Å². The van der Waals surface area contributed by atoms with Crippen molar-refractivity contribution in [1.82, 2.24) is 14.8 Å². The molecule has 0 spiro atoms. The molecule has 1 unspecified atom stereocenters. The van der Waals surface area contributed by atoms with E-state index >= 15 is 0 Å². The molecule has 0 bridgehead atoms. The molecule has 1 aromatic heterocycles. The molecule has 0 amide bonds. The van der Waals surface area contributed by atoms with Crippen molar-refractivity contribution in [3.05, 3.63) is 101 Å². The predicted octanol–water partition coefficient (Wildman–Crippen LogP) is 10.1. The van der Waals surface area contributed by atoms with E-state index in [9.17, 15) is 9.59 Å². The van der Waals surface area contributed by atoms with Crippen molar-refractivity contribution in [2.24, 2.45) is 10.7 Å². The van der Waals surface area contributed by atoms with Gasteiger partial charge in [-0.15, -0.1) is 0 Å². The van der Waals surface area contributed by atoms with Gasteiger partial charge in [0.1, 0.15) is 37.1 Å². The van der Waals surface area contributed by atoms with E-state index in [1.54, 1.807) is 36.4 Å². The van der Waals surface area contributed by atoms with Crippen molar-refractivity contribution in [3.8, 4) is 23.0 Å². The summed E-state index contributed by atoms with van der Waals surface area (Å²) in [5, 5.41) is 8.25. The minimum absolute atomic E-state index is 0. The molecule has 16 nitrogen and oxygen atoms in total. The second kappa shape index (κ2) is 28.6. The Kier molecular flexibility index (Phi) is 21.5. The Morgan fingerprint density at radius 3 is 1.66 bits per heavy atom. The Morgan fingerprint density at radius 1 is 0.701 bits per heavy atom. The van der Waals surface area contributed by atoms with Crippen LogP contribution in [0.1, 0.15) is 83.9 Å². The predicted molar refractivity (Wildman–Crippen MR) is 328 cm³/mol.